The second-order valence-electron chi connectivity index (χ2n) is 5.14. The monoisotopic (exact) mass is 298 g/mol. The number of halogens is 1. The Morgan fingerprint density at radius 2 is 2.05 bits per heavy atom. The molecule has 0 saturated carbocycles. The highest BCUT2D eigenvalue weighted by atomic mass is 35.5. The molecule has 2 heterocycles. The highest BCUT2D eigenvalue weighted by Gasteiger charge is 2.23. The summed E-state index contributed by atoms with van der Waals surface area (Å²) in [5, 5.41) is 0.376. The standard InChI is InChI=1S/C13H19ClN4O2/c1-10(2)9-20-13(19)18-5-3-17(4-6-18)12-8-15-7-11(14)16-12/h7-8,10H,3-6,9H2,1-2H3. The number of carbonyl (C=O) groups excluding carboxylic acids is 1. The van der Waals surface area contributed by atoms with Crippen LogP contribution in [0, 0.1) is 5.92 Å². The molecule has 0 bridgehead atoms. The number of nitrogens with zero attached hydrogens (tertiary/aromatic N) is 4. The van der Waals surface area contributed by atoms with E-state index in [0.717, 1.165) is 5.82 Å². The molecule has 1 aromatic heterocycles. The lowest BCUT2D eigenvalue weighted by Gasteiger charge is -2.34. The number of aromatic nitrogens is 2. The van der Waals surface area contributed by atoms with Gasteiger partial charge in [-0.05, 0) is 5.92 Å². The van der Waals surface area contributed by atoms with Crippen LogP contribution in [0.2, 0.25) is 5.15 Å². The lowest BCUT2D eigenvalue weighted by atomic mass is 10.2. The zero-order valence-electron chi connectivity index (χ0n) is 11.8. The topological polar surface area (TPSA) is 58.6 Å². The molecule has 110 valence electrons. The van der Waals surface area contributed by atoms with E-state index in [0.29, 0.717) is 43.9 Å². The SMILES string of the molecule is CC(C)COC(=O)N1CCN(c2cncc(Cl)n2)CC1. The first kappa shape index (κ1) is 14.8. The number of hydrogen-bond acceptors (Lipinski definition) is 5. The molecule has 0 N–H and O–H groups in total. The zero-order valence-corrected chi connectivity index (χ0v) is 12.5. The van der Waals surface area contributed by atoms with E-state index < -0.39 is 0 Å². The molecular weight excluding hydrogens is 280 g/mol. The van der Waals surface area contributed by atoms with E-state index in [2.05, 4.69) is 14.9 Å². The molecule has 1 saturated heterocycles. The number of anilines is 1. The molecular formula is C13H19ClN4O2. The van der Waals surface area contributed by atoms with Crippen molar-refractivity contribution < 1.29 is 9.53 Å². The third kappa shape index (κ3) is 3.96. The number of hydrogen-bond donors (Lipinski definition) is 0. The quantitative estimate of drug-likeness (QED) is 0.855. The van der Waals surface area contributed by atoms with Crippen LogP contribution in [0.1, 0.15) is 13.8 Å². The molecule has 1 aromatic rings. The Morgan fingerprint density at radius 1 is 1.35 bits per heavy atom. The molecule has 0 unspecified atom stereocenters. The van der Waals surface area contributed by atoms with Gasteiger partial charge in [0.1, 0.15) is 11.0 Å². The normalized spacial score (nSPS) is 15.6. The van der Waals surface area contributed by atoms with Gasteiger partial charge in [0.25, 0.3) is 0 Å². The van der Waals surface area contributed by atoms with E-state index >= 15 is 0 Å². The van der Waals surface area contributed by atoms with Gasteiger partial charge in [-0.15, -0.1) is 0 Å². The highest BCUT2D eigenvalue weighted by molar-refractivity contribution is 6.29. The molecule has 0 atom stereocenters. The molecule has 7 heteroatoms. The Labute approximate surface area is 123 Å². The van der Waals surface area contributed by atoms with Crippen molar-refractivity contribution in [1.82, 2.24) is 14.9 Å². The van der Waals surface area contributed by atoms with Crippen LogP contribution in [0.15, 0.2) is 12.4 Å². The van der Waals surface area contributed by atoms with Gasteiger partial charge in [-0.3, -0.25) is 4.98 Å². The molecule has 20 heavy (non-hydrogen) atoms. The van der Waals surface area contributed by atoms with E-state index in [1.54, 1.807) is 11.1 Å². The van der Waals surface area contributed by atoms with Crippen LogP contribution in [0.25, 0.3) is 0 Å². The van der Waals surface area contributed by atoms with Crippen molar-refractivity contribution in [2.75, 3.05) is 37.7 Å². The maximum Gasteiger partial charge on any atom is 0.409 e. The van der Waals surface area contributed by atoms with Crippen LogP contribution in [0.4, 0.5) is 10.6 Å². The third-order valence-electron chi connectivity index (χ3n) is 2.99. The van der Waals surface area contributed by atoms with Crippen molar-refractivity contribution in [2.24, 2.45) is 5.92 Å². The highest BCUT2D eigenvalue weighted by Crippen LogP contribution is 2.15. The van der Waals surface area contributed by atoms with Crippen LogP contribution >= 0.6 is 11.6 Å². The lowest BCUT2D eigenvalue weighted by molar-refractivity contribution is 0.0901. The molecule has 0 radical (unpaired) electrons. The van der Waals surface area contributed by atoms with Crippen molar-refractivity contribution in [2.45, 2.75) is 13.8 Å². The van der Waals surface area contributed by atoms with Gasteiger partial charge in [0.2, 0.25) is 0 Å². The summed E-state index contributed by atoms with van der Waals surface area (Å²) in [4.78, 5) is 23.9. The van der Waals surface area contributed by atoms with Crippen LogP contribution in [0.5, 0.6) is 0 Å². The molecule has 1 fully saturated rings. The maximum atomic E-state index is 11.8. The molecule has 1 aliphatic heterocycles. The summed E-state index contributed by atoms with van der Waals surface area (Å²) in [6.07, 6.45) is 2.94. The molecule has 1 aliphatic rings. The number of piperazine rings is 1. The minimum absolute atomic E-state index is 0.240. The molecule has 0 aromatic carbocycles. The largest absolute Gasteiger partial charge is 0.449 e. The molecule has 0 spiro atoms. The lowest BCUT2D eigenvalue weighted by Crippen LogP contribution is -2.49. The zero-order chi connectivity index (χ0) is 14.5. The van der Waals surface area contributed by atoms with Gasteiger partial charge in [-0.25, -0.2) is 9.78 Å². The Bertz CT molecular complexity index is 461. The van der Waals surface area contributed by atoms with Crippen molar-refractivity contribution >= 4 is 23.5 Å². The fourth-order valence-corrected chi connectivity index (χ4v) is 2.08. The van der Waals surface area contributed by atoms with Crippen molar-refractivity contribution in [3.8, 4) is 0 Å². The van der Waals surface area contributed by atoms with E-state index in [1.165, 1.54) is 6.20 Å². The average molecular weight is 299 g/mol. The van der Waals surface area contributed by atoms with Gasteiger partial charge >= 0.3 is 6.09 Å². The number of rotatable bonds is 3. The molecule has 2 rings (SSSR count). The summed E-state index contributed by atoms with van der Waals surface area (Å²) in [6, 6.07) is 0. The van der Waals surface area contributed by atoms with Crippen molar-refractivity contribution in [3.63, 3.8) is 0 Å². The van der Waals surface area contributed by atoms with E-state index in [4.69, 9.17) is 16.3 Å². The van der Waals surface area contributed by atoms with Gasteiger partial charge in [-0.2, -0.15) is 0 Å². The Hall–Kier alpha value is -1.56. The van der Waals surface area contributed by atoms with E-state index in [-0.39, 0.29) is 6.09 Å². The predicted octanol–water partition coefficient (Wildman–Crippen LogP) is 2.04. The summed E-state index contributed by atoms with van der Waals surface area (Å²) in [5.74, 6) is 1.09. The first-order valence-corrected chi connectivity index (χ1v) is 7.08. The molecule has 0 aliphatic carbocycles. The minimum Gasteiger partial charge on any atom is -0.449 e. The number of ether oxygens (including phenoxy) is 1. The first-order chi connectivity index (χ1) is 9.56. The van der Waals surface area contributed by atoms with Crippen molar-refractivity contribution in [1.29, 1.82) is 0 Å². The third-order valence-corrected chi connectivity index (χ3v) is 3.18. The summed E-state index contributed by atoms with van der Waals surface area (Å²) in [7, 11) is 0. The summed E-state index contributed by atoms with van der Waals surface area (Å²) >= 11 is 5.83. The van der Waals surface area contributed by atoms with E-state index in [1.807, 2.05) is 13.8 Å². The van der Waals surface area contributed by atoms with Gasteiger partial charge in [0.05, 0.1) is 19.0 Å². The summed E-state index contributed by atoms with van der Waals surface area (Å²) in [6.45, 7) is 7.12. The molecule has 1 amide bonds. The summed E-state index contributed by atoms with van der Waals surface area (Å²) in [5.41, 5.74) is 0. The van der Waals surface area contributed by atoms with Gasteiger partial charge in [-0.1, -0.05) is 25.4 Å². The van der Waals surface area contributed by atoms with Crippen molar-refractivity contribution in [3.05, 3.63) is 17.5 Å². The minimum atomic E-state index is -0.240. The van der Waals surface area contributed by atoms with Gasteiger partial charge in [0, 0.05) is 26.2 Å². The average Bonchev–Trinajstić information content (AvgIpc) is 2.45. The molecule has 6 nitrogen and oxygen atoms in total. The smallest absolute Gasteiger partial charge is 0.409 e. The number of amides is 1. The van der Waals surface area contributed by atoms with Crippen LogP contribution < -0.4 is 4.90 Å². The fourth-order valence-electron chi connectivity index (χ4n) is 1.93. The van der Waals surface area contributed by atoms with Gasteiger partial charge in [0.15, 0.2) is 0 Å². The number of carbonyl (C=O) groups is 1. The fraction of sp³-hybridized carbons (Fsp3) is 0.615. The predicted molar refractivity (Wildman–Crippen MR) is 77.0 cm³/mol. The van der Waals surface area contributed by atoms with Crippen LogP contribution in [0.3, 0.4) is 0 Å². The Kier molecular flexibility index (Phi) is 5.00. The second kappa shape index (κ2) is 6.74. The van der Waals surface area contributed by atoms with E-state index in [9.17, 15) is 4.79 Å². The van der Waals surface area contributed by atoms with Crippen LogP contribution in [-0.4, -0.2) is 53.7 Å². The maximum absolute atomic E-state index is 11.8. The Morgan fingerprint density at radius 3 is 2.65 bits per heavy atom. The second-order valence-corrected chi connectivity index (χ2v) is 5.53. The van der Waals surface area contributed by atoms with Gasteiger partial charge < -0.3 is 14.5 Å². The van der Waals surface area contributed by atoms with Crippen LogP contribution in [-0.2, 0) is 4.74 Å². The summed E-state index contributed by atoms with van der Waals surface area (Å²) < 4.78 is 5.22. The first-order valence-electron chi connectivity index (χ1n) is 6.70. The Balaban J connectivity index is 1.84.